The lowest BCUT2D eigenvalue weighted by molar-refractivity contribution is 0.317. The first-order chi connectivity index (χ1) is 59.7. The molecule has 4 fully saturated rings. The smallest absolute Gasteiger partial charge is 0.137 e. The van der Waals surface area contributed by atoms with E-state index in [1.807, 2.05) is 60.7 Å². The monoisotopic (exact) mass is 1770 g/mol. The maximum Gasteiger partial charge on any atom is 0.137 e. The number of hydrogen-bond donors (Lipinski definition) is 11. The van der Waals surface area contributed by atoms with Gasteiger partial charge in [-0.1, -0.05) is 143 Å². The van der Waals surface area contributed by atoms with E-state index in [9.17, 15) is 15.3 Å². The standard InChI is InChI=1S/C26H33ClN4O.3C25H31ClN4O/c1-26(2,3)30-19-11-13-31(14-12-19)23-16-25(29-22-8-6-5-7-20(22)23)28-17-18-9-10-21(27)24(15-18)32-4;3*1-25(2,3)29-18-10-12-30(13-11-18)22-15-24(28-21-7-5-4-6-19(21)22)27-16-17-8-9-20(26)23(31)14-17/h5-10,15-16,19,30H,11-14,17H2,1-4H3,(H,28,29);3*4-9,14-15,18,29,31H,10-13,16H2,1-3H3,(H,27,28). The number of aromatic nitrogens is 4. The van der Waals surface area contributed by atoms with Gasteiger partial charge in [0.05, 0.1) is 49.3 Å². The van der Waals surface area contributed by atoms with Crippen molar-refractivity contribution in [3.63, 3.8) is 0 Å². The van der Waals surface area contributed by atoms with Gasteiger partial charge in [0.1, 0.15) is 46.3 Å². The van der Waals surface area contributed by atoms with E-state index in [-0.39, 0.29) is 39.4 Å². The molecule has 0 unspecified atom stereocenters. The summed E-state index contributed by atoms with van der Waals surface area (Å²) in [5.41, 5.74) is 13.4. The number of nitrogens with zero attached hydrogens (tertiary/aromatic N) is 8. The van der Waals surface area contributed by atoms with E-state index in [1.54, 1.807) is 43.5 Å². The van der Waals surface area contributed by atoms with Crippen LogP contribution in [0, 0.1) is 0 Å². The predicted octanol–water partition coefficient (Wildman–Crippen LogP) is 22.6. The van der Waals surface area contributed by atoms with Crippen LogP contribution in [0.5, 0.6) is 23.0 Å². The molecule has 8 aromatic carbocycles. The molecule has 0 amide bonds. The van der Waals surface area contributed by atoms with E-state index in [4.69, 9.17) is 71.1 Å². The number of methoxy groups -OCH3 is 1. The van der Waals surface area contributed by atoms with Gasteiger partial charge in [-0.3, -0.25) is 0 Å². The molecule has 11 N–H and O–H groups in total. The van der Waals surface area contributed by atoms with E-state index in [0.717, 1.165) is 171 Å². The molecule has 4 saturated heterocycles. The van der Waals surface area contributed by atoms with Gasteiger partial charge in [0.15, 0.2) is 0 Å². The molecule has 12 aromatic rings. The summed E-state index contributed by atoms with van der Waals surface area (Å²) in [6, 6.07) is 66.0. The van der Waals surface area contributed by atoms with Gasteiger partial charge in [0.2, 0.25) is 0 Å². The van der Waals surface area contributed by atoms with Crippen LogP contribution in [0.3, 0.4) is 0 Å². The number of para-hydroxylation sites is 4. The van der Waals surface area contributed by atoms with Gasteiger partial charge in [-0.15, -0.1) is 0 Å². The van der Waals surface area contributed by atoms with Gasteiger partial charge in [0, 0.05) is 193 Å². The van der Waals surface area contributed by atoms with Gasteiger partial charge in [-0.2, -0.15) is 0 Å². The van der Waals surface area contributed by atoms with Crippen molar-refractivity contribution in [2.75, 3.05) is 100 Å². The normalized spacial score (nSPS) is 15.4. The number of benzene rings is 8. The number of phenols is 3. The average Bonchev–Trinajstić information content (AvgIpc) is 0.801. The van der Waals surface area contributed by atoms with Crippen LogP contribution in [-0.2, 0) is 26.2 Å². The van der Waals surface area contributed by atoms with Crippen LogP contribution in [0.25, 0.3) is 43.6 Å². The Morgan fingerprint density at radius 2 is 0.520 bits per heavy atom. The zero-order valence-corrected chi connectivity index (χ0v) is 77.8. The quantitative estimate of drug-likeness (QED) is 0.0321. The molecule has 0 bridgehead atoms. The lowest BCUT2D eigenvalue weighted by Gasteiger charge is -2.37. The highest BCUT2D eigenvalue weighted by Crippen LogP contribution is 2.39. The van der Waals surface area contributed by atoms with Crippen LogP contribution in [0.1, 0.15) is 157 Å². The Hall–Kier alpha value is -10.0. The van der Waals surface area contributed by atoms with E-state index < -0.39 is 0 Å². The molecule has 125 heavy (non-hydrogen) atoms. The first-order valence-corrected chi connectivity index (χ1v) is 45.6. The Balaban J connectivity index is 0.000000143. The lowest BCUT2D eigenvalue weighted by atomic mass is 9.99. The van der Waals surface area contributed by atoms with Gasteiger partial charge in [0.25, 0.3) is 0 Å². The van der Waals surface area contributed by atoms with E-state index in [0.29, 0.717) is 76.2 Å². The second kappa shape index (κ2) is 41.6. The summed E-state index contributed by atoms with van der Waals surface area (Å²) < 4.78 is 5.35. The fourth-order valence-electron chi connectivity index (χ4n) is 17.1. The van der Waals surface area contributed by atoms with Crippen molar-refractivity contribution in [2.24, 2.45) is 0 Å². The zero-order chi connectivity index (χ0) is 88.7. The molecule has 8 heterocycles. The minimum atomic E-state index is 0.0971. The second-order valence-electron chi connectivity index (χ2n) is 37.5. The molecule has 4 aromatic heterocycles. The minimum Gasteiger partial charge on any atom is -0.506 e. The fraction of sp³-hybridized carbons (Fsp3) is 0.406. The van der Waals surface area contributed by atoms with Crippen molar-refractivity contribution >= 4 is 136 Å². The molecule has 0 atom stereocenters. The summed E-state index contributed by atoms with van der Waals surface area (Å²) >= 11 is 23.9. The molecule has 16 rings (SSSR count). The van der Waals surface area contributed by atoms with Crippen LogP contribution in [0.15, 0.2) is 194 Å². The number of pyridine rings is 4. The van der Waals surface area contributed by atoms with Crippen LogP contribution in [0.2, 0.25) is 20.1 Å². The molecular weight excluding hydrogens is 1640 g/mol. The largest absolute Gasteiger partial charge is 0.506 e. The molecular formula is C101H126Cl4N16O4. The Morgan fingerprint density at radius 3 is 0.736 bits per heavy atom. The van der Waals surface area contributed by atoms with Crippen molar-refractivity contribution in [1.82, 2.24) is 41.2 Å². The number of nitrogens with one attached hydrogen (secondary N) is 8. The van der Waals surface area contributed by atoms with Crippen LogP contribution in [0.4, 0.5) is 46.0 Å². The molecule has 4 aliphatic heterocycles. The molecule has 0 saturated carbocycles. The highest BCUT2D eigenvalue weighted by molar-refractivity contribution is 6.33. The number of phenolic OH excluding ortho intramolecular Hbond substituents is 3. The van der Waals surface area contributed by atoms with E-state index >= 15 is 0 Å². The van der Waals surface area contributed by atoms with Crippen molar-refractivity contribution < 1.29 is 20.1 Å². The van der Waals surface area contributed by atoms with Crippen molar-refractivity contribution in [3.05, 3.63) is 236 Å². The topological polar surface area (TPSA) is 231 Å². The molecule has 0 spiro atoms. The van der Waals surface area contributed by atoms with Crippen molar-refractivity contribution in [2.45, 2.75) is 207 Å². The van der Waals surface area contributed by atoms with E-state index in [2.05, 4.69) is 242 Å². The third-order valence-corrected chi connectivity index (χ3v) is 24.1. The summed E-state index contributed by atoms with van der Waals surface area (Å²) in [5.74, 6) is 4.35. The second-order valence-corrected chi connectivity index (χ2v) is 39.2. The van der Waals surface area contributed by atoms with E-state index in [1.165, 1.54) is 44.3 Å². The van der Waals surface area contributed by atoms with Crippen LogP contribution < -0.4 is 66.9 Å². The molecule has 0 aliphatic carbocycles. The third kappa shape index (κ3) is 26.6. The number of halogens is 4. The molecule has 20 nitrogen and oxygen atoms in total. The number of ether oxygens (including phenoxy) is 1. The summed E-state index contributed by atoms with van der Waals surface area (Å²) in [6.45, 7) is 37.3. The van der Waals surface area contributed by atoms with Gasteiger partial charge < -0.3 is 82.2 Å². The number of anilines is 8. The number of rotatable bonds is 21. The van der Waals surface area contributed by atoms with Crippen molar-refractivity contribution in [3.8, 4) is 23.0 Å². The Labute approximate surface area is 759 Å². The summed E-state index contributed by atoms with van der Waals surface area (Å²) in [5, 5.41) is 64.7. The maximum absolute atomic E-state index is 9.86. The number of piperidine rings is 4. The zero-order valence-electron chi connectivity index (χ0n) is 74.8. The molecule has 4 aliphatic rings. The lowest BCUT2D eigenvalue weighted by Crippen LogP contribution is -2.49. The SMILES string of the molecule is CC(C)(C)NC1CCN(c2cc(NCc3ccc(Cl)c(O)c3)nc3ccccc23)CC1.CC(C)(C)NC1CCN(c2cc(NCc3ccc(Cl)c(O)c3)nc3ccccc23)CC1.CC(C)(C)NC1CCN(c2cc(NCc3ccc(Cl)c(O)c3)nc3ccccc23)CC1.COc1cc(CNc2cc(N3CCC(NC(C)(C)C)CC3)c3ccccc3n2)ccc1Cl. The first kappa shape index (κ1) is 92.7. The van der Waals surface area contributed by atoms with Gasteiger partial charge in [-0.25, -0.2) is 19.9 Å². The minimum absolute atomic E-state index is 0.0971. The van der Waals surface area contributed by atoms with Gasteiger partial charge in [-0.05, 0) is 230 Å². The maximum atomic E-state index is 9.86. The first-order valence-electron chi connectivity index (χ1n) is 44.1. The van der Waals surface area contributed by atoms with Crippen LogP contribution >= 0.6 is 46.4 Å². The highest BCUT2D eigenvalue weighted by Gasteiger charge is 2.30. The third-order valence-electron chi connectivity index (χ3n) is 22.8. The Bertz CT molecular complexity index is 5200. The summed E-state index contributed by atoms with van der Waals surface area (Å²) in [4.78, 5) is 29.2. The molecule has 662 valence electrons. The Morgan fingerprint density at radius 1 is 0.304 bits per heavy atom. The van der Waals surface area contributed by atoms with Gasteiger partial charge >= 0.3 is 0 Å². The highest BCUT2D eigenvalue weighted by atomic mass is 35.5. The van der Waals surface area contributed by atoms with Crippen molar-refractivity contribution in [1.29, 1.82) is 0 Å². The number of aromatic hydroxyl groups is 3. The average molecular weight is 1770 g/mol. The molecule has 24 heteroatoms. The van der Waals surface area contributed by atoms with Crippen LogP contribution in [-0.4, -0.2) is 141 Å². The number of hydrogen-bond acceptors (Lipinski definition) is 20. The predicted molar refractivity (Wildman–Crippen MR) is 526 cm³/mol. The Kier molecular flexibility index (Phi) is 30.9. The fourth-order valence-corrected chi connectivity index (χ4v) is 17.7. The summed E-state index contributed by atoms with van der Waals surface area (Å²) in [7, 11) is 1.63. The molecule has 0 radical (unpaired) electrons. The summed E-state index contributed by atoms with van der Waals surface area (Å²) in [6.07, 6.45) is 9.03. The number of fused-ring (bicyclic) bond motifs is 4.